The first-order chi connectivity index (χ1) is 13.3. The summed E-state index contributed by atoms with van der Waals surface area (Å²) < 4.78 is 1.58. The highest BCUT2D eigenvalue weighted by Crippen LogP contribution is 2.37. The van der Waals surface area contributed by atoms with E-state index in [-0.39, 0.29) is 5.91 Å². The zero-order valence-corrected chi connectivity index (χ0v) is 15.3. The summed E-state index contributed by atoms with van der Waals surface area (Å²) in [6, 6.07) is 7.91. The molecule has 0 bridgehead atoms. The van der Waals surface area contributed by atoms with E-state index in [9.17, 15) is 4.79 Å². The molecular weight excluding hydrogens is 362 g/mol. The van der Waals surface area contributed by atoms with Gasteiger partial charge >= 0.3 is 0 Å². The minimum absolute atomic E-state index is 0.0731. The van der Waals surface area contributed by atoms with Crippen LogP contribution >= 0.6 is 11.3 Å². The highest BCUT2D eigenvalue weighted by atomic mass is 32.1. The third-order valence-corrected chi connectivity index (χ3v) is 6.05. The maximum atomic E-state index is 12.9. The van der Waals surface area contributed by atoms with Crippen LogP contribution in [-0.4, -0.2) is 42.6 Å². The number of tetrazole rings is 1. The zero-order valence-electron chi connectivity index (χ0n) is 14.5. The van der Waals surface area contributed by atoms with Crippen molar-refractivity contribution in [1.82, 2.24) is 35.5 Å². The minimum Gasteiger partial charge on any atom is -0.351 e. The average molecular weight is 379 g/mol. The third-order valence-electron chi connectivity index (χ3n) is 4.77. The maximum absolute atomic E-state index is 12.9. The van der Waals surface area contributed by atoms with E-state index in [1.54, 1.807) is 16.0 Å². The first kappa shape index (κ1) is 16.1. The lowest BCUT2D eigenvalue weighted by Gasteiger charge is -2.07. The van der Waals surface area contributed by atoms with Gasteiger partial charge in [0.25, 0.3) is 5.91 Å². The Labute approximate surface area is 158 Å². The first-order valence-electron chi connectivity index (χ1n) is 8.89. The second-order valence-electron chi connectivity index (χ2n) is 6.50. The van der Waals surface area contributed by atoms with Gasteiger partial charge in [-0.05, 0) is 47.4 Å². The second-order valence-corrected chi connectivity index (χ2v) is 7.58. The summed E-state index contributed by atoms with van der Waals surface area (Å²) in [6.07, 6.45) is 5.22. The number of carbonyl (C=O) groups excluding carboxylic acids is 1. The van der Waals surface area contributed by atoms with Crippen molar-refractivity contribution in [2.24, 2.45) is 0 Å². The van der Waals surface area contributed by atoms with Crippen LogP contribution in [0.1, 0.15) is 33.0 Å². The average Bonchev–Trinajstić information content (AvgIpc) is 3.42. The van der Waals surface area contributed by atoms with E-state index in [1.165, 1.54) is 11.2 Å². The van der Waals surface area contributed by atoms with Crippen molar-refractivity contribution >= 4 is 28.3 Å². The SMILES string of the molecule is O=C(NCCc1nc2ccccc2[nH]1)c1c(-n2cnnn2)sc2c1CCC2. The van der Waals surface area contributed by atoms with Crippen molar-refractivity contribution in [3.63, 3.8) is 0 Å². The number of thiophene rings is 1. The van der Waals surface area contributed by atoms with Gasteiger partial charge in [-0.2, -0.15) is 4.68 Å². The van der Waals surface area contributed by atoms with Gasteiger partial charge in [0, 0.05) is 17.8 Å². The number of aromatic amines is 1. The monoisotopic (exact) mass is 379 g/mol. The Morgan fingerprint density at radius 3 is 3.07 bits per heavy atom. The molecule has 136 valence electrons. The normalized spacial score (nSPS) is 13.2. The van der Waals surface area contributed by atoms with Crippen LogP contribution in [0.4, 0.5) is 0 Å². The van der Waals surface area contributed by atoms with Crippen molar-refractivity contribution in [2.75, 3.05) is 6.54 Å². The Balaban J connectivity index is 1.34. The lowest BCUT2D eigenvalue weighted by atomic mass is 10.1. The van der Waals surface area contributed by atoms with E-state index in [2.05, 4.69) is 30.8 Å². The lowest BCUT2D eigenvalue weighted by Crippen LogP contribution is -2.27. The quantitative estimate of drug-likeness (QED) is 0.553. The number of H-pyrrole nitrogens is 1. The predicted octanol–water partition coefficient (Wildman–Crippen LogP) is 2.06. The highest BCUT2D eigenvalue weighted by Gasteiger charge is 2.27. The number of fused-ring (bicyclic) bond motifs is 2. The van der Waals surface area contributed by atoms with Crippen molar-refractivity contribution in [1.29, 1.82) is 0 Å². The van der Waals surface area contributed by atoms with Gasteiger partial charge in [-0.3, -0.25) is 4.79 Å². The topological polar surface area (TPSA) is 101 Å². The summed E-state index contributed by atoms with van der Waals surface area (Å²) >= 11 is 1.61. The number of imidazole rings is 1. The fourth-order valence-corrected chi connectivity index (χ4v) is 4.85. The molecule has 3 aromatic heterocycles. The van der Waals surface area contributed by atoms with Crippen molar-refractivity contribution in [3.8, 4) is 5.00 Å². The summed E-state index contributed by atoms with van der Waals surface area (Å²) in [5.74, 6) is 0.795. The molecule has 8 nitrogen and oxygen atoms in total. The van der Waals surface area contributed by atoms with Crippen molar-refractivity contribution in [3.05, 3.63) is 52.4 Å². The highest BCUT2D eigenvalue weighted by molar-refractivity contribution is 7.15. The van der Waals surface area contributed by atoms with Gasteiger partial charge in [-0.15, -0.1) is 16.4 Å². The number of nitrogens with one attached hydrogen (secondary N) is 2. The number of rotatable bonds is 5. The number of amides is 1. The molecule has 1 aliphatic rings. The molecule has 27 heavy (non-hydrogen) atoms. The summed E-state index contributed by atoms with van der Waals surface area (Å²) in [7, 11) is 0. The van der Waals surface area contributed by atoms with Crippen LogP contribution in [0.3, 0.4) is 0 Å². The van der Waals surface area contributed by atoms with Crippen LogP contribution in [0.2, 0.25) is 0 Å². The van der Waals surface area contributed by atoms with Crippen LogP contribution in [0.5, 0.6) is 0 Å². The summed E-state index contributed by atoms with van der Waals surface area (Å²) in [6.45, 7) is 0.512. The Morgan fingerprint density at radius 2 is 2.22 bits per heavy atom. The molecule has 1 amide bonds. The van der Waals surface area contributed by atoms with Gasteiger partial charge in [0.2, 0.25) is 0 Å². The summed E-state index contributed by atoms with van der Waals surface area (Å²) in [4.78, 5) is 22.0. The molecule has 0 atom stereocenters. The Kier molecular flexibility index (Phi) is 3.93. The standard InChI is InChI=1S/C18H17N7OS/c26-17(19-9-8-15-21-12-5-1-2-6-13(12)22-15)16-11-4-3-7-14(11)27-18(16)25-10-20-23-24-25/h1-2,5-6,10H,3-4,7-9H2,(H,19,26)(H,21,22). The molecule has 0 spiro atoms. The van der Waals surface area contributed by atoms with E-state index < -0.39 is 0 Å². The number of para-hydroxylation sites is 2. The van der Waals surface area contributed by atoms with Gasteiger partial charge in [0.1, 0.15) is 17.2 Å². The van der Waals surface area contributed by atoms with Gasteiger partial charge in [0.05, 0.1) is 16.6 Å². The van der Waals surface area contributed by atoms with E-state index in [0.717, 1.165) is 46.7 Å². The fourth-order valence-electron chi connectivity index (χ4n) is 3.55. The molecule has 1 aromatic carbocycles. The van der Waals surface area contributed by atoms with E-state index in [0.29, 0.717) is 18.5 Å². The lowest BCUT2D eigenvalue weighted by molar-refractivity contribution is 0.0953. The number of nitrogens with zero attached hydrogens (tertiary/aromatic N) is 5. The zero-order chi connectivity index (χ0) is 18.2. The van der Waals surface area contributed by atoms with E-state index >= 15 is 0 Å². The van der Waals surface area contributed by atoms with Crippen molar-refractivity contribution in [2.45, 2.75) is 25.7 Å². The summed E-state index contributed by atoms with van der Waals surface area (Å²) in [5, 5.41) is 15.2. The molecule has 5 rings (SSSR count). The number of hydrogen-bond acceptors (Lipinski definition) is 6. The predicted molar refractivity (Wildman–Crippen MR) is 101 cm³/mol. The number of aryl methyl sites for hydroxylation is 1. The maximum Gasteiger partial charge on any atom is 0.254 e. The van der Waals surface area contributed by atoms with Gasteiger partial charge in [0.15, 0.2) is 0 Å². The van der Waals surface area contributed by atoms with E-state index in [1.807, 2.05) is 24.3 Å². The summed E-state index contributed by atoms with van der Waals surface area (Å²) in [5.41, 5.74) is 3.81. The third kappa shape index (κ3) is 2.89. The minimum atomic E-state index is -0.0731. The number of aromatic nitrogens is 6. The second kappa shape index (κ2) is 6.58. The van der Waals surface area contributed by atoms with Crippen LogP contribution in [0.25, 0.3) is 16.0 Å². The largest absolute Gasteiger partial charge is 0.351 e. The molecule has 4 aromatic rings. The van der Waals surface area contributed by atoms with Crippen LogP contribution < -0.4 is 5.32 Å². The Morgan fingerprint density at radius 1 is 1.30 bits per heavy atom. The fraction of sp³-hybridized carbons (Fsp3) is 0.278. The molecule has 3 heterocycles. The molecular formula is C18H17N7OS. The van der Waals surface area contributed by atoms with Gasteiger partial charge in [-0.25, -0.2) is 4.98 Å². The molecule has 0 aliphatic heterocycles. The van der Waals surface area contributed by atoms with E-state index in [4.69, 9.17) is 0 Å². The van der Waals surface area contributed by atoms with Crippen LogP contribution in [-0.2, 0) is 19.3 Å². The van der Waals surface area contributed by atoms with Crippen molar-refractivity contribution < 1.29 is 4.79 Å². The molecule has 0 saturated carbocycles. The van der Waals surface area contributed by atoms with Crippen LogP contribution in [0.15, 0.2) is 30.6 Å². The Bertz CT molecular complexity index is 1080. The molecule has 1 aliphatic carbocycles. The molecule has 0 saturated heterocycles. The molecule has 2 N–H and O–H groups in total. The Hall–Kier alpha value is -3.07. The molecule has 0 unspecified atom stereocenters. The smallest absolute Gasteiger partial charge is 0.254 e. The van der Waals surface area contributed by atoms with Gasteiger partial charge in [-0.1, -0.05) is 12.1 Å². The molecule has 9 heteroatoms. The van der Waals surface area contributed by atoms with Crippen LogP contribution in [0, 0.1) is 0 Å². The number of hydrogen-bond donors (Lipinski definition) is 2. The number of carbonyl (C=O) groups is 1. The number of benzene rings is 1. The molecule has 0 fully saturated rings. The van der Waals surface area contributed by atoms with Gasteiger partial charge < -0.3 is 10.3 Å². The molecule has 0 radical (unpaired) electrons. The first-order valence-corrected chi connectivity index (χ1v) is 9.71.